The third kappa shape index (κ3) is 18.0. The van der Waals surface area contributed by atoms with Crippen molar-refractivity contribution in [1.82, 2.24) is 24.4 Å². The lowest BCUT2D eigenvalue weighted by Crippen LogP contribution is -2.34. The van der Waals surface area contributed by atoms with E-state index in [1.807, 2.05) is 0 Å². The van der Waals surface area contributed by atoms with Crippen molar-refractivity contribution < 1.29 is 64.9 Å². The quantitative estimate of drug-likeness (QED) is 0.0451. The molecular formula is C41H61FN5O15P3. The Morgan fingerprint density at radius 2 is 1.43 bits per heavy atom. The van der Waals surface area contributed by atoms with E-state index in [4.69, 9.17) is 22.8 Å². The maximum atomic E-state index is 14.1. The van der Waals surface area contributed by atoms with Gasteiger partial charge in [0, 0.05) is 11.8 Å². The summed E-state index contributed by atoms with van der Waals surface area (Å²) in [6.45, 7) is 20.3. The Balaban J connectivity index is 0.000000693. The highest BCUT2D eigenvalue weighted by Crippen LogP contribution is 2.68. The number of halogens is 1. The Hall–Kier alpha value is -3.91. The topological polar surface area (TPSA) is 258 Å². The van der Waals surface area contributed by atoms with Crippen LogP contribution in [0.1, 0.15) is 66.7 Å². The highest BCUT2D eigenvalue weighted by Gasteiger charge is 2.46. The van der Waals surface area contributed by atoms with Crippen LogP contribution in [0.2, 0.25) is 0 Å². The average molecular weight is 976 g/mol. The maximum Gasteiger partial charge on any atom is 0.490 e. The van der Waals surface area contributed by atoms with E-state index in [2.05, 4.69) is 60.7 Å². The predicted octanol–water partition coefficient (Wildman–Crippen LogP) is 6.33. The van der Waals surface area contributed by atoms with Gasteiger partial charge in [-0.1, -0.05) is 108 Å². The number of aromatic nitrogens is 2. The molecular weight excluding hydrogens is 914 g/mol. The summed E-state index contributed by atoms with van der Waals surface area (Å²) < 4.78 is 84.2. The lowest BCUT2D eigenvalue weighted by Gasteiger charge is -2.25. The van der Waals surface area contributed by atoms with Gasteiger partial charge in [0.25, 0.3) is 5.56 Å². The number of fused-ring (bicyclic) bond motifs is 1. The van der Waals surface area contributed by atoms with E-state index in [0.29, 0.717) is 27.1 Å². The molecule has 1 aliphatic heterocycles. The molecule has 24 heteroatoms. The van der Waals surface area contributed by atoms with Gasteiger partial charge >= 0.3 is 35.1 Å². The van der Waals surface area contributed by atoms with Gasteiger partial charge in [-0.2, -0.15) is 18.1 Å². The number of phosphoric ester groups is 1. The summed E-state index contributed by atoms with van der Waals surface area (Å²) in [6, 6.07) is 18.2. The van der Waals surface area contributed by atoms with E-state index in [9.17, 15) is 47.4 Å². The van der Waals surface area contributed by atoms with Gasteiger partial charge in [-0.05, 0) is 63.2 Å². The molecule has 4 aromatic rings. The van der Waals surface area contributed by atoms with Crippen LogP contribution in [-0.2, 0) is 47.7 Å². The molecule has 2 heterocycles. The number of benzene rings is 3. The van der Waals surface area contributed by atoms with Gasteiger partial charge in [0.15, 0.2) is 0 Å². The van der Waals surface area contributed by atoms with Gasteiger partial charge in [-0.15, -0.1) is 0 Å². The van der Waals surface area contributed by atoms with E-state index < -0.39 is 77.5 Å². The van der Waals surface area contributed by atoms with Crippen molar-refractivity contribution in [3.63, 3.8) is 0 Å². The number of H-pyrrole nitrogens is 1. The second kappa shape index (κ2) is 26.4. The van der Waals surface area contributed by atoms with Gasteiger partial charge in [-0.25, -0.2) is 18.5 Å². The van der Waals surface area contributed by atoms with Crippen molar-refractivity contribution in [3.05, 3.63) is 111 Å². The number of aromatic amines is 1. The number of nitrogens with one attached hydrogen (secondary N) is 2. The first kappa shape index (κ1) is 55.4. The zero-order chi connectivity index (χ0) is 48.4. The third-order valence-electron chi connectivity index (χ3n) is 9.84. The van der Waals surface area contributed by atoms with Crippen LogP contribution in [0, 0.1) is 5.82 Å². The minimum Gasteiger partial charge on any atom is -0.460 e. The average Bonchev–Trinajstić information content (AvgIpc) is 3.64. The van der Waals surface area contributed by atoms with E-state index in [-0.39, 0.29) is 18.8 Å². The number of aliphatic hydroxyl groups is 1. The Labute approximate surface area is 377 Å². The first-order chi connectivity index (χ1) is 30.7. The van der Waals surface area contributed by atoms with E-state index in [0.717, 1.165) is 0 Å². The monoisotopic (exact) mass is 975 g/mol. The molecule has 65 heavy (non-hydrogen) atoms. The number of phosphoric acid groups is 2. The molecule has 3 aromatic carbocycles. The number of carbonyl (C=O) groups is 1. The predicted molar refractivity (Wildman–Crippen MR) is 242 cm³/mol. The lowest BCUT2D eigenvalue weighted by atomic mass is 10.1. The summed E-state index contributed by atoms with van der Waals surface area (Å²) >= 11 is 0. The van der Waals surface area contributed by atoms with Crippen LogP contribution >= 0.6 is 23.4 Å². The fourth-order valence-corrected chi connectivity index (χ4v) is 10.6. The van der Waals surface area contributed by atoms with Crippen LogP contribution < -0.4 is 20.9 Å². The summed E-state index contributed by atoms with van der Waals surface area (Å²) in [6.07, 6.45) is -4.11. The summed E-state index contributed by atoms with van der Waals surface area (Å²) in [5.74, 6) is -2.44. The number of ether oxygens (including phenoxy) is 2. The van der Waals surface area contributed by atoms with Crippen LogP contribution in [0.4, 0.5) is 4.39 Å². The molecule has 0 amide bonds. The van der Waals surface area contributed by atoms with Gasteiger partial charge in [0.1, 0.15) is 30.7 Å². The molecule has 1 fully saturated rings. The second-order valence-electron chi connectivity index (χ2n) is 14.2. The number of aliphatic hydroxyl groups excluding tert-OH is 1. The van der Waals surface area contributed by atoms with Gasteiger partial charge in [0.05, 0.1) is 18.9 Å². The normalized spacial score (nSPS) is 19.2. The minimum absolute atomic E-state index is 0.138. The number of hydrogen-bond acceptors (Lipinski definition) is 15. The molecule has 7 atom stereocenters. The molecule has 0 radical (unpaired) electrons. The molecule has 0 saturated carbocycles. The number of nitrogens with zero attached hydrogens (tertiary/aromatic N) is 3. The molecule has 1 aliphatic rings. The summed E-state index contributed by atoms with van der Waals surface area (Å²) in [7, 11) is -16.7. The zero-order valence-electron chi connectivity index (χ0n) is 37.5. The molecule has 0 aliphatic carbocycles. The van der Waals surface area contributed by atoms with Crippen molar-refractivity contribution in [3.8, 4) is 5.75 Å². The number of esters is 1. The summed E-state index contributed by atoms with van der Waals surface area (Å²) in [4.78, 5) is 63.4. The fraction of sp³-hybridized carbons (Fsp3) is 0.488. The van der Waals surface area contributed by atoms with Gasteiger partial charge < -0.3 is 38.7 Å². The molecule has 0 bridgehead atoms. The molecule has 0 spiro atoms. The Kier molecular flexibility index (Phi) is 22.5. The highest BCUT2D eigenvalue weighted by molar-refractivity contribution is 7.68. The van der Waals surface area contributed by atoms with Crippen LogP contribution in [-0.4, -0.2) is 104 Å². The van der Waals surface area contributed by atoms with Crippen molar-refractivity contribution in [2.24, 2.45) is 0 Å². The van der Waals surface area contributed by atoms with Crippen LogP contribution in [0.25, 0.3) is 10.8 Å². The first-order valence-electron chi connectivity index (χ1n) is 21.0. The Morgan fingerprint density at radius 3 is 2.02 bits per heavy atom. The zero-order valence-corrected chi connectivity index (χ0v) is 40.2. The van der Waals surface area contributed by atoms with E-state index >= 15 is 0 Å². The second-order valence-corrected chi connectivity index (χ2v) is 19.1. The minimum atomic E-state index is -5.90. The third-order valence-corrected chi connectivity index (χ3v) is 14.8. The van der Waals surface area contributed by atoms with E-state index in [1.165, 1.54) is 58.3 Å². The van der Waals surface area contributed by atoms with Crippen molar-refractivity contribution in [2.75, 3.05) is 45.9 Å². The Bertz CT molecular complexity index is 2340. The summed E-state index contributed by atoms with van der Waals surface area (Å²) in [5.41, 5.74) is -1.73. The van der Waals surface area contributed by atoms with Crippen molar-refractivity contribution in [2.45, 2.75) is 86.0 Å². The standard InChI is InChI=1S/C29H31FN3O15P3.2C6H15N/c1-18(28(36)43-16-19-8-3-2-4-9-19)32-49(38,46-24-13-7-11-20-10-5-6-12-21(20)24)47-51(41,42)48-50(39,40)44-17-25-23(34)14-26(45-25)33-15-22(30)27(35)31-29(33)37;2*1-4-7(5-2)6-3/h2-13,15,18,23,25-26,34H,14,16-17H2,1H3,(H,32,38)(H,39,40)(H,41,42)(H,31,35,37);2*4-6H2,1-3H3/t18?,23-,25+,26+,49?;;/m0../s1. The SMILES string of the molecule is CC(NP(=O)(Oc1cccc2ccccc12)OP(=O)(O)OP(=O)(O)OC[C@H]1O[C@@H](n2cc(F)c(=O)[nH]c2=O)C[C@@H]1O)C(=O)OCc1ccccc1.CCN(CC)CC.CCN(CC)CC. The number of hydrogen-bond donors (Lipinski definition) is 5. The highest BCUT2D eigenvalue weighted by atomic mass is 31.3. The largest absolute Gasteiger partial charge is 0.490 e. The van der Waals surface area contributed by atoms with Gasteiger partial charge in [0.2, 0.25) is 5.82 Å². The molecule has 4 unspecified atom stereocenters. The van der Waals surface area contributed by atoms with Crippen molar-refractivity contribution in [1.29, 1.82) is 0 Å². The van der Waals surface area contributed by atoms with Crippen LogP contribution in [0.15, 0.2) is 88.6 Å². The van der Waals surface area contributed by atoms with Crippen molar-refractivity contribution >= 4 is 40.1 Å². The Morgan fingerprint density at radius 1 is 0.862 bits per heavy atom. The van der Waals surface area contributed by atoms with E-state index in [1.54, 1.807) is 65.6 Å². The smallest absolute Gasteiger partial charge is 0.460 e. The van der Waals surface area contributed by atoms with Crippen LogP contribution in [0.3, 0.4) is 0 Å². The van der Waals surface area contributed by atoms with Gasteiger partial charge in [-0.3, -0.25) is 23.7 Å². The maximum absolute atomic E-state index is 14.1. The molecule has 5 rings (SSSR count). The molecule has 362 valence electrons. The first-order valence-corrected chi connectivity index (χ1v) is 25.5. The molecule has 20 nitrogen and oxygen atoms in total. The molecule has 1 saturated heterocycles. The number of rotatable bonds is 21. The fourth-order valence-electron chi connectivity index (χ4n) is 6.14. The molecule has 5 N–H and O–H groups in total. The molecule has 1 aromatic heterocycles. The number of carbonyl (C=O) groups excluding carboxylic acids is 1. The van der Waals surface area contributed by atoms with Crippen LogP contribution in [0.5, 0.6) is 5.75 Å². The summed E-state index contributed by atoms with van der Waals surface area (Å²) in [5, 5.41) is 13.5. The lowest BCUT2D eigenvalue weighted by molar-refractivity contribution is -0.146.